The van der Waals surface area contributed by atoms with Gasteiger partial charge in [-0.05, 0) is 48.8 Å². The molecule has 0 saturated carbocycles. The summed E-state index contributed by atoms with van der Waals surface area (Å²) in [5.41, 5.74) is 4.25. The van der Waals surface area contributed by atoms with Crippen LogP contribution in [0.4, 0.5) is 0 Å². The highest BCUT2D eigenvalue weighted by Crippen LogP contribution is 2.17. The van der Waals surface area contributed by atoms with Gasteiger partial charge in [0, 0.05) is 6.61 Å². The number of rotatable bonds is 8. The molecule has 0 saturated heterocycles. The second kappa shape index (κ2) is 8.30. The molecule has 1 aromatic carbocycles. The van der Waals surface area contributed by atoms with Crippen molar-refractivity contribution in [3.05, 3.63) is 34.9 Å². The van der Waals surface area contributed by atoms with E-state index in [4.69, 9.17) is 5.11 Å². The van der Waals surface area contributed by atoms with E-state index in [0.717, 1.165) is 12.8 Å². The molecule has 0 aliphatic heterocycles. The maximum absolute atomic E-state index is 9.08. The molecule has 0 radical (unpaired) electrons. The van der Waals surface area contributed by atoms with Crippen LogP contribution >= 0.6 is 0 Å². The number of hydrogen-bond donors (Lipinski definition) is 1. The number of hydrogen-bond acceptors (Lipinski definition) is 1. The highest BCUT2D eigenvalue weighted by atomic mass is 16.2. The van der Waals surface area contributed by atoms with E-state index in [-0.39, 0.29) is 6.61 Å². The molecule has 0 bridgehead atoms. The van der Waals surface area contributed by atoms with E-state index in [2.05, 4.69) is 32.0 Å². The molecule has 1 heteroatoms. The van der Waals surface area contributed by atoms with Gasteiger partial charge in [-0.3, -0.25) is 0 Å². The monoisotopic (exact) mass is 234 g/mol. The van der Waals surface area contributed by atoms with Gasteiger partial charge in [0.2, 0.25) is 0 Å². The Balaban J connectivity index is 2.76. The molecular weight excluding hydrogens is 208 g/mol. The fourth-order valence-electron chi connectivity index (χ4n) is 2.18. The average molecular weight is 234 g/mol. The highest BCUT2D eigenvalue weighted by molar-refractivity contribution is 5.32. The third kappa shape index (κ3) is 4.91. The van der Waals surface area contributed by atoms with Crippen LogP contribution in [0.5, 0.6) is 0 Å². The molecule has 0 aliphatic rings. The van der Waals surface area contributed by atoms with Crippen LogP contribution in [0.25, 0.3) is 0 Å². The van der Waals surface area contributed by atoms with Gasteiger partial charge in [0.05, 0.1) is 0 Å². The normalized spacial score (nSPS) is 10.8. The number of aliphatic hydroxyl groups excluding tert-OH is 1. The van der Waals surface area contributed by atoms with Crippen LogP contribution in [0.3, 0.4) is 0 Å². The molecule has 96 valence electrons. The highest BCUT2D eigenvalue weighted by Gasteiger charge is 2.03. The maximum atomic E-state index is 9.08. The van der Waals surface area contributed by atoms with Crippen molar-refractivity contribution in [2.45, 2.75) is 58.8 Å². The minimum atomic E-state index is 0.257. The predicted octanol–water partition coefficient (Wildman–Crippen LogP) is 3.91. The van der Waals surface area contributed by atoms with Crippen molar-refractivity contribution in [1.29, 1.82) is 0 Å². The van der Waals surface area contributed by atoms with E-state index in [9.17, 15) is 0 Å². The van der Waals surface area contributed by atoms with Crippen molar-refractivity contribution in [3.63, 3.8) is 0 Å². The van der Waals surface area contributed by atoms with Crippen molar-refractivity contribution >= 4 is 0 Å². The van der Waals surface area contributed by atoms with Crippen molar-refractivity contribution in [2.24, 2.45) is 0 Å². The summed E-state index contributed by atoms with van der Waals surface area (Å²) in [5.74, 6) is 0. The summed E-state index contributed by atoms with van der Waals surface area (Å²) in [6, 6.07) is 6.80. The Hall–Kier alpha value is -0.820. The van der Waals surface area contributed by atoms with Crippen LogP contribution < -0.4 is 0 Å². The van der Waals surface area contributed by atoms with Gasteiger partial charge < -0.3 is 5.11 Å². The Morgan fingerprint density at radius 2 is 1.59 bits per heavy atom. The smallest absolute Gasteiger partial charge is 0.0471 e. The Kier molecular flexibility index (Phi) is 6.95. The summed E-state index contributed by atoms with van der Waals surface area (Å²) in [5, 5.41) is 9.08. The lowest BCUT2D eigenvalue weighted by molar-refractivity contribution is 0.299. The van der Waals surface area contributed by atoms with E-state index in [1.165, 1.54) is 48.8 Å². The van der Waals surface area contributed by atoms with Gasteiger partial charge in [-0.2, -0.15) is 0 Å². The van der Waals surface area contributed by atoms with E-state index in [0.29, 0.717) is 0 Å². The fraction of sp³-hybridized carbons (Fsp3) is 0.625. The summed E-state index contributed by atoms with van der Waals surface area (Å²) in [4.78, 5) is 0. The maximum Gasteiger partial charge on any atom is 0.0471 e. The van der Waals surface area contributed by atoms with Crippen molar-refractivity contribution in [2.75, 3.05) is 6.61 Å². The van der Waals surface area contributed by atoms with Gasteiger partial charge in [-0.25, -0.2) is 0 Å². The minimum Gasteiger partial charge on any atom is -0.396 e. The van der Waals surface area contributed by atoms with E-state index < -0.39 is 0 Å². The van der Waals surface area contributed by atoms with Crippen molar-refractivity contribution in [1.82, 2.24) is 0 Å². The van der Waals surface area contributed by atoms with Crippen molar-refractivity contribution < 1.29 is 5.11 Å². The molecule has 0 unspecified atom stereocenters. The quantitative estimate of drug-likeness (QED) is 0.723. The first-order valence-electron chi connectivity index (χ1n) is 7.03. The first-order chi connectivity index (χ1) is 8.31. The summed E-state index contributed by atoms with van der Waals surface area (Å²) >= 11 is 0. The molecule has 1 nitrogen and oxygen atoms in total. The molecule has 1 aromatic rings. The Bertz CT molecular complexity index is 317. The molecule has 17 heavy (non-hydrogen) atoms. The van der Waals surface area contributed by atoms with E-state index >= 15 is 0 Å². The number of unbranched alkanes of at least 4 members (excludes halogenated alkanes) is 2. The zero-order valence-corrected chi connectivity index (χ0v) is 11.3. The lowest BCUT2D eigenvalue weighted by atomic mass is 9.96. The zero-order chi connectivity index (χ0) is 12.5. The van der Waals surface area contributed by atoms with E-state index in [1.807, 2.05) is 0 Å². The number of aryl methyl sites for hydroxylation is 2. The second-order valence-corrected chi connectivity index (χ2v) is 4.78. The Morgan fingerprint density at radius 3 is 2.24 bits per heavy atom. The van der Waals surface area contributed by atoms with Crippen LogP contribution in [0.1, 0.15) is 56.2 Å². The largest absolute Gasteiger partial charge is 0.396 e. The number of aliphatic hydroxyl groups is 1. The third-order valence-corrected chi connectivity index (χ3v) is 3.27. The minimum absolute atomic E-state index is 0.257. The van der Waals surface area contributed by atoms with E-state index in [1.54, 1.807) is 0 Å². The second-order valence-electron chi connectivity index (χ2n) is 4.78. The van der Waals surface area contributed by atoms with Crippen LogP contribution in [0, 0.1) is 0 Å². The number of benzene rings is 1. The first-order valence-corrected chi connectivity index (χ1v) is 7.03. The van der Waals surface area contributed by atoms with Gasteiger partial charge in [0.1, 0.15) is 0 Å². The summed E-state index contributed by atoms with van der Waals surface area (Å²) in [6.07, 6.45) is 8.15. The lowest BCUT2D eigenvalue weighted by Crippen LogP contribution is -1.99. The molecule has 0 atom stereocenters. The van der Waals surface area contributed by atoms with Gasteiger partial charge >= 0.3 is 0 Å². The van der Waals surface area contributed by atoms with Crippen LogP contribution in [-0.2, 0) is 19.3 Å². The third-order valence-electron chi connectivity index (χ3n) is 3.27. The summed E-state index contributed by atoms with van der Waals surface area (Å²) < 4.78 is 0. The summed E-state index contributed by atoms with van der Waals surface area (Å²) in [7, 11) is 0. The predicted molar refractivity (Wildman–Crippen MR) is 74.5 cm³/mol. The zero-order valence-electron chi connectivity index (χ0n) is 11.3. The Morgan fingerprint density at radius 1 is 0.882 bits per heavy atom. The van der Waals surface area contributed by atoms with Crippen molar-refractivity contribution in [3.8, 4) is 0 Å². The molecule has 0 spiro atoms. The van der Waals surface area contributed by atoms with Gasteiger partial charge in [0.15, 0.2) is 0 Å². The van der Waals surface area contributed by atoms with Gasteiger partial charge in [-0.1, -0.05) is 44.9 Å². The fourth-order valence-corrected chi connectivity index (χ4v) is 2.18. The summed E-state index contributed by atoms with van der Waals surface area (Å²) in [6.45, 7) is 4.72. The van der Waals surface area contributed by atoms with Crippen LogP contribution in [-0.4, -0.2) is 11.7 Å². The topological polar surface area (TPSA) is 20.2 Å². The lowest BCUT2D eigenvalue weighted by Gasteiger charge is -2.11. The molecule has 0 amide bonds. The van der Waals surface area contributed by atoms with Gasteiger partial charge in [-0.15, -0.1) is 0 Å². The molecule has 0 heterocycles. The van der Waals surface area contributed by atoms with Gasteiger partial charge in [0.25, 0.3) is 0 Å². The van der Waals surface area contributed by atoms with Crippen LogP contribution in [0.15, 0.2) is 18.2 Å². The molecule has 0 fully saturated rings. The SMILES string of the molecule is CCCCc1ccc(CCO)c(CCCC)c1. The van der Waals surface area contributed by atoms with Crippen LogP contribution in [0.2, 0.25) is 0 Å². The average Bonchev–Trinajstić information content (AvgIpc) is 2.36. The molecule has 0 aromatic heterocycles. The molecular formula is C16H26O. The first kappa shape index (κ1) is 14.2. The molecule has 1 rings (SSSR count). The molecule has 1 N–H and O–H groups in total. The Labute approximate surface area is 106 Å². The standard InChI is InChI=1S/C16H26O/c1-3-5-7-14-9-10-15(11-12-17)16(13-14)8-6-4-2/h9-10,13,17H,3-8,11-12H2,1-2H3. The molecule has 0 aliphatic carbocycles.